The summed E-state index contributed by atoms with van der Waals surface area (Å²) >= 11 is 1.34. The van der Waals surface area contributed by atoms with Gasteiger partial charge in [0.1, 0.15) is 11.6 Å². The van der Waals surface area contributed by atoms with Crippen molar-refractivity contribution < 1.29 is 18.7 Å². The van der Waals surface area contributed by atoms with Gasteiger partial charge >= 0.3 is 0 Å². The number of carbonyl (C=O) groups is 2. The number of nitrogens with one attached hydrogen (secondary N) is 1. The van der Waals surface area contributed by atoms with Crippen molar-refractivity contribution in [1.29, 1.82) is 0 Å². The normalized spacial score (nSPS) is 18.1. The minimum atomic E-state index is -0.249. The van der Waals surface area contributed by atoms with Gasteiger partial charge in [-0.2, -0.15) is 0 Å². The standard InChI is InChI=1S/C24H29FN2O3S/c1-17-13-20(19-5-7-21(25)8-6-19)14-27(17)24(29)16-31-15-23(28)26-12-11-18-3-9-22(30-2)10-4-18/h3-10,17,20H,11-16H2,1-2H3,(H,26,28)/t17-,20-/m1/s1. The largest absolute Gasteiger partial charge is 0.497 e. The van der Waals surface area contributed by atoms with E-state index in [-0.39, 0.29) is 41.1 Å². The molecular weight excluding hydrogens is 415 g/mol. The number of thioether (sulfide) groups is 1. The zero-order valence-electron chi connectivity index (χ0n) is 18.0. The van der Waals surface area contributed by atoms with E-state index in [9.17, 15) is 14.0 Å². The second-order valence-corrected chi connectivity index (χ2v) is 8.81. The van der Waals surface area contributed by atoms with E-state index in [1.807, 2.05) is 36.1 Å². The second-order valence-electron chi connectivity index (χ2n) is 7.82. The minimum absolute atomic E-state index is 0.0492. The Hall–Kier alpha value is -2.54. The molecule has 166 valence electrons. The van der Waals surface area contributed by atoms with Gasteiger partial charge in [0.25, 0.3) is 0 Å². The molecule has 0 saturated carbocycles. The monoisotopic (exact) mass is 444 g/mol. The van der Waals surface area contributed by atoms with Crippen LogP contribution in [0.25, 0.3) is 0 Å². The van der Waals surface area contributed by atoms with Crippen LogP contribution in [-0.2, 0) is 16.0 Å². The third kappa shape index (κ3) is 6.72. The number of hydrogen-bond donors (Lipinski definition) is 1. The van der Waals surface area contributed by atoms with Crippen LogP contribution in [0.2, 0.25) is 0 Å². The molecule has 2 atom stereocenters. The summed E-state index contributed by atoms with van der Waals surface area (Å²) in [6.07, 6.45) is 1.61. The molecule has 0 unspecified atom stereocenters. The van der Waals surface area contributed by atoms with Gasteiger partial charge in [0, 0.05) is 25.0 Å². The van der Waals surface area contributed by atoms with Crippen molar-refractivity contribution in [1.82, 2.24) is 10.2 Å². The topological polar surface area (TPSA) is 58.6 Å². The zero-order chi connectivity index (χ0) is 22.2. The van der Waals surface area contributed by atoms with Crippen LogP contribution in [0.1, 0.15) is 30.4 Å². The lowest BCUT2D eigenvalue weighted by molar-refractivity contribution is -0.128. The number of methoxy groups -OCH3 is 1. The van der Waals surface area contributed by atoms with Gasteiger partial charge in [-0.1, -0.05) is 24.3 Å². The molecule has 0 spiro atoms. The van der Waals surface area contributed by atoms with Crippen LogP contribution in [0.3, 0.4) is 0 Å². The summed E-state index contributed by atoms with van der Waals surface area (Å²) in [4.78, 5) is 26.6. The molecule has 1 N–H and O–H groups in total. The van der Waals surface area contributed by atoms with E-state index in [2.05, 4.69) is 5.32 Å². The number of carbonyl (C=O) groups excluding carboxylic acids is 2. The zero-order valence-corrected chi connectivity index (χ0v) is 18.8. The Labute approximate surface area is 187 Å². The van der Waals surface area contributed by atoms with Gasteiger partial charge in [-0.05, 0) is 55.2 Å². The molecule has 3 rings (SSSR count). The summed E-state index contributed by atoms with van der Waals surface area (Å²) in [5, 5.41) is 2.90. The molecule has 1 fully saturated rings. The number of nitrogens with zero attached hydrogens (tertiary/aromatic N) is 1. The average Bonchev–Trinajstić information content (AvgIpc) is 3.16. The summed E-state index contributed by atoms with van der Waals surface area (Å²) in [6, 6.07) is 14.4. The minimum Gasteiger partial charge on any atom is -0.497 e. The third-order valence-corrected chi connectivity index (χ3v) is 6.51. The molecule has 1 heterocycles. The van der Waals surface area contributed by atoms with Crippen molar-refractivity contribution in [2.24, 2.45) is 0 Å². The van der Waals surface area contributed by atoms with Crippen LogP contribution in [0.5, 0.6) is 5.75 Å². The summed E-state index contributed by atoms with van der Waals surface area (Å²) in [6.45, 7) is 3.24. The number of hydrogen-bond acceptors (Lipinski definition) is 4. The van der Waals surface area contributed by atoms with E-state index in [1.54, 1.807) is 19.2 Å². The van der Waals surface area contributed by atoms with Gasteiger partial charge < -0.3 is 15.0 Å². The van der Waals surface area contributed by atoms with Crippen LogP contribution >= 0.6 is 11.8 Å². The first-order valence-electron chi connectivity index (χ1n) is 10.5. The van der Waals surface area contributed by atoms with E-state index < -0.39 is 0 Å². The van der Waals surface area contributed by atoms with Gasteiger partial charge in [0.05, 0.1) is 18.6 Å². The molecule has 2 amide bonds. The third-order valence-electron chi connectivity index (χ3n) is 5.59. The van der Waals surface area contributed by atoms with Crippen molar-refractivity contribution in [3.05, 3.63) is 65.5 Å². The molecule has 7 heteroatoms. The van der Waals surface area contributed by atoms with E-state index >= 15 is 0 Å². The highest BCUT2D eigenvalue weighted by molar-refractivity contribution is 8.00. The number of amides is 2. The van der Waals surface area contributed by atoms with Gasteiger partial charge in [-0.3, -0.25) is 9.59 Å². The number of rotatable bonds is 9. The highest BCUT2D eigenvalue weighted by Gasteiger charge is 2.32. The fourth-order valence-electron chi connectivity index (χ4n) is 3.86. The molecular formula is C24H29FN2O3S. The first-order valence-corrected chi connectivity index (χ1v) is 11.6. The number of likely N-dealkylation sites (tertiary alicyclic amines) is 1. The van der Waals surface area contributed by atoms with Crippen molar-refractivity contribution in [2.75, 3.05) is 31.7 Å². The fraction of sp³-hybridized carbons (Fsp3) is 0.417. The van der Waals surface area contributed by atoms with E-state index in [0.29, 0.717) is 13.1 Å². The molecule has 5 nitrogen and oxygen atoms in total. The Morgan fingerprint density at radius 1 is 1.13 bits per heavy atom. The molecule has 0 bridgehead atoms. The average molecular weight is 445 g/mol. The van der Waals surface area contributed by atoms with Crippen LogP contribution in [0, 0.1) is 5.82 Å². The Bertz CT molecular complexity index is 873. The SMILES string of the molecule is COc1ccc(CCNC(=O)CSCC(=O)N2C[C@H](c3ccc(F)cc3)C[C@H]2C)cc1. The van der Waals surface area contributed by atoms with Crippen molar-refractivity contribution in [3.63, 3.8) is 0 Å². The second kappa shape index (κ2) is 11.2. The fourth-order valence-corrected chi connectivity index (χ4v) is 4.59. The van der Waals surface area contributed by atoms with Crippen LogP contribution in [-0.4, -0.2) is 54.5 Å². The summed E-state index contributed by atoms with van der Waals surface area (Å²) in [5.41, 5.74) is 2.19. The van der Waals surface area contributed by atoms with Crippen LogP contribution < -0.4 is 10.1 Å². The first-order chi connectivity index (χ1) is 15.0. The molecule has 0 aliphatic carbocycles. The molecule has 2 aromatic carbocycles. The van der Waals surface area contributed by atoms with Crippen molar-refractivity contribution in [2.45, 2.75) is 31.7 Å². The van der Waals surface area contributed by atoms with Crippen molar-refractivity contribution >= 4 is 23.6 Å². The molecule has 31 heavy (non-hydrogen) atoms. The van der Waals surface area contributed by atoms with Gasteiger partial charge in [-0.25, -0.2) is 4.39 Å². The lowest BCUT2D eigenvalue weighted by Gasteiger charge is -2.21. The Balaban J connectivity index is 1.35. The molecule has 0 aromatic heterocycles. The smallest absolute Gasteiger partial charge is 0.232 e. The molecule has 1 saturated heterocycles. The number of ether oxygens (including phenoxy) is 1. The number of halogens is 1. The lowest BCUT2D eigenvalue weighted by atomic mass is 9.97. The lowest BCUT2D eigenvalue weighted by Crippen LogP contribution is -2.35. The highest BCUT2D eigenvalue weighted by Crippen LogP contribution is 2.32. The van der Waals surface area contributed by atoms with E-state index in [0.717, 1.165) is 29.7 Å². The molecule has 2 aromatic rings. The summed E-state index contributed by atoms with van der Waals surface area (Å²) < 4.78 is 18.3. The van der Waals surface area contributed by atoms with Gasteiger partial charge in [0.15, 0.2) is 0 Å². The first kappa shape index (κ1) is 23.1. The maximum atomic E-state index is 13.1. The van der Waals surface area contributed by atoms with E-state index in [4.69, 9.17) is 4.74 Å². The Kier molecular flexibility index (Phi) is 8.35. The number of benzene rings is 2. The van der Waals surface area contributed by atoms with Crippen molar-refractivity contribution in [3.8, 4) is 5.75 Å². The van der Waals surface area contributed by atoms with Gasteiger partial charge in [-0.15, -0.1) is 11.8 Å². The summed E-state index contributed by atoms with van der Waals surface area (Å²) in [5.74, 6) is 1.32. The molecule has 1 aliphatic heterocycles. The van der Waals surface area contributed by atoms with Crippen LogP contribution in [0.4, 0.5) is 4.39 Å². The molecule has 0 radical (unpaired) electrons. The van der Waals surface area contributed by atoms with Gasteiger partial charge in [0.2, 0.25) is 11.8 Å². The Morgan fingerprint density at radius 2 is 1.84 bits per heavy atom. The maximum absolute atomic E-state index is 13.1. The predicted octanol–water partition coefficient (Wildman–Crippen LogP) is 3.63. The predicted molar refractivity (Wildman–Crippen MR) is 122 cm³/mol. The Morgan fingerprint density at radius 3 is 2.52 bits per heavy atom. The van der Waals surface area contributed by atoms with Crippen LogP contribution in [0.15, 0.2) is 48.5 Å². The quantitative estimate of drug-likeness (QED) is 0.642. The molecule has 1 aliphatic rings. The maximum Gasteiger partial charge on any atom is 0.232 e. The highest BCUT2D eigenvalue weighted by atomic mass is 32.2. The summed E-state index contributed by atoms with van der Waals surface area (Å²) in [7, 11) is 1.63. The van der Waals surface area contributed by atoms with E-state index in [1.165, 1.54) is 23.9 Å².